The first-order valence-electron chi connectivity index (χ1n) is 7.45. The molecule has 109 valence electrons. The van der Waals surface area contributed by atoms with E-state index in [1.807, 2.05) is 6.08 Å². The molecule has 0 aliphatic rings. The van der Waals surface area contributed by atoms with Gasteiger partial charge < -0.3 is 5.11 Å². The largest absolute Gasteiger partial charge is 0.481 e. The zero-order valence-electron chi connectivity index (χ0n) is 12.1. The van der Waals surface area contributed by atoms with Gasteiger partial charge in [-0.25, -0.2) is 0 Å². The van der Waals surface area contributed by atoms with Crippen molar-refractivity contribution < 1.29 is 14.7 Å². The number of carbonyl (C=O) groups excluding carboxylic acids is 1. The van der Waals surface area contributed by atoms with Crippen LogP contribution in [0, 0.1) is 5.92 Å². The number of carboxylic acids is 1. The Balaban J connectivity index is 3.42. The van der Waals surface area contributed by atoms with Gasteiger partial charge in [-0.3, -0.25) is 9.59 Å². The minimum Gasteiger partial charge on any atom is -0.481 e. The van der Waals surface area contributed by atoms with E-state index in [4.69, 9.17) is 5.11 Å². The molecule has 0 bridgehead atoms. The van der Waals surface area contributed by atoms with E-state index in [9.17, 15) is 9.59 Å². The number of hydrogen-bond donors (Lipinski definition) is 1. The molecule has 3 heteroatoms. The normalized spacial score (nSPS) is 12.7. The minimum absolute atomic E-state index is 0.120. The quantitative estimate of drug-likeness (QED) is 0.400. The molecule has 0 aromatic rings. The predicted molar refractivity (Wildman–Crippen MR) is 77.8 cm³/mol. The van der Waals surface area contributed by atoms with Crippen molar-refractivity contribution in [3.8, 4) is 0 Å². The highest BCUT2D eigenvalue weighted by Crippen LogP contribution is 2.10. The number of hydrogen-bond acceptors (Lipinski definition) is 2. The van der Waals surface area contributed by atoms with E-state index in [1.54, 1.807) is 6.29 Å². The number of allylic oxidation sites excluding steroid dienone is 2. The highest BCUT2D eigenvalue weighted by atomic mass is 16.4. The molecule has 0 rings (SSSR count). The molecule has 0 heterocycles. The SMILES string of the molecule is CCCCCCCCCC=CCC([C]=O)CC(=O)O. The van der Waals surface area contributed by atoms with Crippen LogP contribution >= 0.6 is 0 Å². The summed E-state index contributed by atoms with van der Waals surface area (Å²) in [4.78, 5) is 21.0. The summed E-state index contributed by atoms with van der Waals surface area (Å²) in [5, 5.41) is 8.57. The molecule has 0 fully saturated rings. The standard InChI is InChI=1S/C16H27O3/c1-2-3-4-5-6-7-8-9-10-11-12-15(14-17)13-16(18)19/h10-11,15H,2-9,12-13H2,1H3,(H,18,19). The second-order valence-corrected chi connectivity index (χ2v) is 5.03. The van der Waals surface area contributed by atoms with Crippen molar-refractivity contribution >= 4 is 12.3 Å². The maximum absolute atomic E-state index is 10.5. The summed E-state index contributed by atoms with van der Waals surface area (Å²) in [6, 6.07) is 0. The van der Waals surface area contributed by atoms with Crippen LogP contribution < -0.4 is 0 Å². The average molecular weight is 267 g/mol. The van der Waals surface area contributed by atoms with Gasteiger partial charge in [0.2, 0.25) is 6.29 Å². The Morgan fingerprint density at radius 3 is 2.32 bits per heavy atom. The van der Waals surface area contributed by atoms with E-state index in [0.717, 1.165) is 6.42 Å². The van der Waals surface area contributed by atoms with Crippen molar-refractivity contribution in [3.05, 3.63) is 12.2 Å². The van der Waals surface area contributed by atoms with E-state index < -0.39 is 11.9 Å². The van der Waals surface area contributed by atoms with E-state index in [0.29, 0.717) is 6.42 Å². The lowest BCUT2D eigenvalue weighted by Gasteiger charge is -2.01. The number of rotatable bonds is 13. The van der Waals surface area contributed by atoms with Crippen molar-refractivity contribution in [2.75, 3.05) is 0 Å². The van der Waals surface area contributed by atoms with Gasteiger partial charge in [0.25, 0.3) is 0 Å². The summed E-state index contributed by atoms with van der Waals surface area (Å²) in [6.45, 7) is 2.22. The van der Waals surface area contributed by atoms with Crippen molar-refractivity contribution in [2.45, 2.75) is 71.1 Å². The van der Waals surface area contributed by atoms with Crippen molar-refractivity contribution in [1.29, 1.82) is 0 Å². The Hall–Kier alpha value is -1.12. The van der Waals surface area contributed by atoms with Gasteiger partial charge in [0.15, 0.2) is 0 Å². The Morgan fingerprint density at radius 1 is 1.11 bits per heavy atom. The third-order valence-electron chi connectivity index (χ3n) is 3.15. The molecular formula is C16H27O3. The highest BCUT2D eigenvalue weighted by Gasteiger charge is 2.10. The lowest BCUT2D eigenvalue weighted by molar-refractivity contribution is -0.137. The first kappa shape index (κ1) is 17.9. The van der Waals surface area contributed by atoms with Crippen LogP contribution in [0.1, 0.15) is 71.1 Å². The molecule has 1 N–H and O–H groups in total. The van der Waals surface area contributed by atoms with E-state index >= 15 is 0 Å². The van der Waals surface area contributed by atoms with E-state index in [2.05, 4.69) is 13.0 Å². The number of carboxylic acid groups (broad SMARTS) is 1. The molecule has 0 aromatic carbocycles. The number of unbranched alkanes of at least 4 members (excludes halogenated alkanes) is 7. The van der Waals surface area contributed by atoms with Crippen LogP contribution in [0.3, 0.4) is 0 Å². The lowest BCUT2D eigenvalue weighted by Crippen LogP contribution is -2.07. The fourth-order valence-electron chi connectivity index (χ4n) is 1.98. The number of carbonyl (C=O) groups is 1. The molecule has 0 aromatic heterocycles. The molecule has 1 atom stereocenters. The second kappa shape index (κ2) is 13.3. The zero-order valence-corrected chi connectivity index (χ0v) is 12.1. The van der Waals surface area contributed by atoms with Gasteiger partial charge in [0, 0.05) is 5.92 Å². The fraction of sp³-hybridized carbons (Fsp3) is 0.750. The Labute approximate surface area is 117 Å². The second-order valence-electron chi connectivity index (χ2n) is 5.03. The maximum Gasteiger partial charge on any atom is 0.304 e. The van der Waals surface area contributed by atoms with Crippen LogP contribution in [0.2, 0.25) is 0 Å². The monoisotopic (exact) mass is 267 g/mol. The molecule has 1 radical (unpaired) electrons. The maximum atomic E-state index is 10.5. The van der Waals surface area contributed by atoms with Gasteiger partial charge in [-0.1, -0.05) is 57.6 Å². The predicted octanol–water partition coefficient (Wildman–Crippen LogP) is 4.27. The minimum atomic E-state index is -0.936. The molecular weight excluding hydrogens is 240 g/mol. The summed E-state index contributed by atoms with van der Waals surface area (Å²) in [7, 11) is 0. The highest BCUT2D eigenvalue weighted by molar-refractivity contribution is 5.72. The fourth-order valence-corrected chi connectivity index (χ4v) is 1.98. The first-order chi connectivity index (χ1) is 9.20. The topological polar surface area (TPSA) is 54.4 Å². The van der Waals surface area contributed by atoms with Crippen LogP contribution in [0.15, 0.2) is 12.2 Å². The van der Waals surface area contributed by atoms with Crippen LogP contribution in [0.25, 0.3) is 0 Å². The third kappa shape index (κ3) is 13.1. The molecule has 1 unspecified atom stereocenters. The van der Waals surface area contributed by atoms with Crippen LogP contribution in [0.5, 0.6) is 0 Å². The molecule has 0 spiro atoms. The Kier molecular flexibility index (Phi) is 12.5. The Morgan fingerprint density at radius 2 is 1.74 bits per heavy atom. The smallest absolute Gasteiger partial charge is 0.304 e. The van der Waals surface area contributed by atoms with Crippen LogP contribution in [-0.2, 0) is 9.59 Å². The van der Waals surface area contributed by atoms with Crippen molar-refractivity contribution in [3.63, 3.8) is 0 Å². The van der Waals surface area contributed by atoms with Gasteiger partial charge in [-0.05, 0) is 19.3 Å². The van der Waals surface area contributed by atoms with Gasteiger partial charge in [-0.2, -0.15) is 0 Å². The summed E-state index contributed by atoms with van der Waals surface area (Å²) < 4.78 is 0. The summed E-state index contributed by atoms with van der Waals surface area (Å²) >= 11 is 0. The summed E-state index contributed by atoms with van der Waals surface area (Å²) in [5.41, 5.74) is 0. The molecule has 19 heavy (non-hydrogen) atoms. The van der Waals surface area contributed by atoms with Crippen molar-refractivity contribution in [1.82, 2.24) is 0 Å². The lowest BCUT2D eigenvalue weighted by atomic mass is 10.0. The van der Waals surface area contributed by atoms with Crippen molar-refractivity contribution in [2.24, 2.45) is 5.92 Å². The average Bonchev–Trinajstić information content (AvgIpc) is 2.39. The first-order valence-corrected chi connectivity index (χ1v) is 7.45. The Bertz CT molecular complexity index is 259. The molecule has 3 nitrogen and oxygen atoms in total. The van der Waals surface area contributed by atoms with Gasteiger partial charge in [0.1, 0.15) is 0 Å². The molecule has 0 aliphatic carbocycles. The summed E-state index contributed by atoms with van der Waals surface area (Å²) in [6.07, 6.45) is 16.2. The van der Waals surface area contributed by atoms with Crippen LogP contribution in [-0.4, -0.2) is 17.4 Å². The molecule has 0 amide bonds. The van der Waals surface area contributed by atoms with E-state index in [1.165, 1.54) is 44.9 Å². The third-order valence-corrected chi connectivity index (χ3v) is 3.15. The molecule has 0 saturated carbocycles. The molecule has 0 saturated heterocycles. The number of aliphatic carboxylic acids is 1. The summed E-state index contributed by atoms with van der Waals surface area (Å²) in [5.74, 6) is -1.43. The van der Waals surface area contributed by atoms with Gasteiger partial charge >= 0.3 is 5.97 Å². The molecule has 0 aliphatic heterocycles. The van der Waals surface area contributed by atoms with Gasteiger partial charge in [0.05, 0.1) is 6.42 Å². The van der Waals surface area contributed by atoms with Gasteiger partial charge in [-0.15, -0.1) is 0 Å². The zero-order chi connectivity index (χ0) is 14.3. The van der Waals surface area contributed by atoms with E-state index in [-0.39, 0.29) is 6.42 Å². The van der Waals surface area contributed by atoms with Crippen LogP contribution in [0.4, 0.5) is 0 Å².